The summed E-state index contributed by atoms with van der Waals surface area (Å²) in [6.07, 6.45) is 5.00. The summed E-state index contributed by atoms with van der Waals surface area (Å²) < 4.78 is 12.4. The third kappa shape index (κ3) is 3.57. The van der Waals surface area contributed by atoms with E-state index in [-0.39, 0.29) is 18.3 Å². The van der Waals surface area contributed by atoms with E-state index < -0.39 is 0 Å². The lowest BCUT2D eigenvalue weighted by Gasteiger charge is -2.32. The maximum Gasteiger partial charge on any atom is 0.494 e. The molecule has 0 aliphatic carbocycles. The highest BCUT2D eigenvalue weighted by molar-refractivity contribution is 6.62. The fraction of sp³-hybridized carbons (Fsp3) is 0.684. The van der Waals surface area contributed by atoms with Gasteiger partial charge in [-0.2, -0.15) is 0 Å². The number of rotatable bonds is 6. The van der Waals surface area contributed by atoms with Gasteiger partial charge < -0.3 is 9.31 Å². The Balaban J connectivity index is 2.19. The monoisotopic (exact) mass is 302 g/mol. The fourth-order valence-electron chi connectivity index (χ4n) is 3.00. The van der Waals surface area contributed by atoms with Gasteiger partial charge in [0.2, 0.25) is 0 Å². The Morgan fingerprint density at radius 3 is 2.23 bits per heavy atom. The van der Waals surface area contributed by atoms with Crippen molar-refractivity contribution < 1.29 is 9.31 Å². The maximum atomic E-state index is 6.18. The van der Waals surface area contributed by atoms with Crippen LogP contribution in [0.5, 0.6) is 0 Å². The summed E-state index contributed by atoms with van der Waals surface area (Å²) in [5.41, 5.74) is 2.01. The van der Waals surface area contributed by atoms with Gasteiger partial charge in [0.05, 0.1) is 11.2 Å². The summed E-state index contributed by atoms with van der Waals surface area (Å²) in [5.74, 6) is 0.641. The van der Waals surface area contributed by atoms with Gasteiger partial charge in [0, 0.05) is 0 Å². The largest absolute Gasteiger partial charge is 0.494 e. The first-order valence-corrected chi connectivity index (χ1v) is 8.76. The average Bonchev–Trinajstić information content (AvgIpc) is 2.69. The molecule has 1 atom stereocenters. The van der Waals surface area contributed by atoms with Crippen LogP contribution in [-0.4, -0.2) is 18.3 Å². The number of hydrogen-bond donors (Lipinski definition) is 0. The molecular formula is C19H31BO2. The first-order valence-electron chi connectivity index (χ1n) is 8.76. The standard InChI is InChI=1S/C19H31BO2/c1-7-9-11-15(8-2)16-12-10-13-17(14-16)20-21-18(3,4)19(5,6)22-20/h10,12-15H,7-9,11H2,1-6H3. The van der Waals surface area contributed by atoms with Crippen LogP contribution in [0.1, 0.15) is 78.7 Å². The highest BCUT2D eigenvalue weighted by Gasteiger charge is 2.51. The van der Waals surface area contributed by atoms with Gasteiger partial charge in [0.25, 0.3) is 0 Å². The van der Waals surface area contributed by atoms with Crippen molar-refractivity contribution in [3.05, 3.63) is 29.8 Å². The van der Waals surface area contributed by atoms with Crippen LogP contribution in [0.4, 0.5) is 0 Å². The molecule has 0 aromatic heterocycles. The molecule has 1 aromatic rings. The van der Waals surface area contributed by atoms with E-state index in [4.69, 9.17) is 9.31 Å². The molecule has 22 heavy (non-hydrogen) atoms. The third-order valence-corrected chi connectivity index (χ3v) is 5.31. The highest BCUT2D eigenvalue weighted by Crippen LogP contribution is 2.36. The van der Waals surface area contributed by atoms with Crippen LogP contribution in [-0.2, 0) is 9.31 Å². The fourth-order valence-corrected chi connectivity index (χ4v) is 3.00. The van der Waals surface area contributed by atoms with Crippen LogP contribution < -0.4 is 5.46 Å². The van der Waals surface area contributed by atoms with Crippen LogP contribution in [0.2, 0.25) is 0 Å². The summed E-state index contributed by atoms with van der Waals surface area (Å²) >= 11 is 0. The molecule has 1 aliphatic heterocycles. The topological polar surface area (TPSA) is 18.5 Å². The van der Waals surface area contributed by atoms with Crippen LogP contribution in [0.15, 0.2) is 24.3 Å². The Morgan fingerprint density at radius 2 is 1.68 bits per heavy atom. The molecule has 2 rings (SSSR count). The lowest BCUT2D eigenvalue weighted by atomic mass is 9.77. The van der Waals surface area contributed by atoms with Gasteiger partial charge in [-0.25, -0.2) is 0 Å². The van der Waals surface area contributed by atoms with Crippen molar-refractivity contribution in [3.8, 4) is 0 Å². The Hall–Kier alpha value is -0.795. The molecule has 0 N–H and O–H groups in total. The Morgan fingerprint density at radius 1 is 1.05 bits per heavy atom. The molecule has 2 nitrogen and oxygen atoms in total. The van der Waals surface area contributed by atoms with Gasteiger partial charge in [0.15, 0.2) is 0 Å². The molecule has 3 heteroatoms. The molecular weight excluding hydrogens is 271 g/mol. The van der Waals surface area contributed by atoms with Gasteiger partial charge in [-0.1, -0.05) is 51.0 Å². The molecule has 0 spiro atoms. The molecule has 1 aromatic carbocycles. The molecule has 0 amide bonds. The summed E-state index contributed by atoms with van der Waals surface area (Å²) in [5, 5.41) is 0. The Kier molecular flexibility index (Phi) is 5.39. The predicted octanol–water partition coefficient (Wildman–Crippen LogP) is 4.67. The normalized spacial score (nSPS) is 21.1. The minimum absolute atomic E-state index is 0.256. The van der Waals surface area contributed by atoms with Gasteiger partial charge in [-0.3, -0.25) is 0 Å². The average molecular weight is 302 g/mol. The summed E-state index contributed by atoms with van der Waals surface area (Å²) in [7, 11) is -0.256. The van der Waals surface area contributed by atoms with Crippen LogP contribution in [0.3, 0.4) is 0 Å². The van der Waals surface area contributed by atoms with Gasteiger partial charge in [-0.05, 0) is 57.5 Å². The van der Waals surface area contributed by atoms with Crippen molar-refractivity contribution in [2.24, 2.45) is 0 Å². The number of unbranched alkanes of at least 4 members (excludes halogenated alkanes) is 1. The van der Waals surface area contributed by atoms with Crippen molar-refractivity contribution in [1.29, 1.82) is 0 Å². The molecule has 122 valence electrons. The smallest absolute Gasteiger partial charge is 0.399 e. The van der Waals surface area contributed by atoms with E-state index in [1.165, 1.54) is 31.2 Å². The quantitative estimate of drug-likeness (QED) is 0.711. The van der Waals surface area contributed by atoms with E-state index in [1.54, 1.807) is 0 Å². The number of benzene rings is 1. The van der Waals surface area contributed by atoms with Gasteiger partial charge >= 0.3 is 7.12 Å². The van der Waals surface area contributed by atoms with E-state index in [9.17, 15) is 0 Å². The van der Waals surface area contributed by atoms with Crippen molar-refractivity contribution in [2.75, 3.05) is 0 Å². The van der Waals surface area contributed by atoms with E-state index in [0.29, 0.717) is 5.92 Å². The van der Waals surface area contributed by atoms with Crippen LogP contribution >= 0.6 is 0 Å². The van der Waals surface area contributed by atoms with E-state index in [1.807, 2.05) is 0 Å². The molecule has 0 saturated carbocycles. The zero-order chi connectivity index (χ0) is 16.4. The van der Waals surface area contributed by atoms with Crippen molar-refractivity contribution >= 4 is 12.6 Å². The van der Waals surface area contributed by atoms with E-state index in [0.717, 1.165) is 5.46 Å². The lowest BCUT2D eigenvalue weighted by molar-refractivity contribution is 0.00578. The van der Waals surface area contributed by atoms with Crippen molar-refractivity contribution in [2.45, 2.75) is 84.3 Å². The van der Waals surface area contributed by atoms with Crippen LogP contribution in [0, 0.1) is 0 Å². The first-order chi connectivity index (χ1) is 10.3. The minimum atomic E-state index is -0.278. The highest BCUT2D eigenvalue weighted by atomic mass is 16.7. The van der Waals surface area contributed by atoms with Crippen molar-refractivity contribution in [1.82, 2.24) is 0 Å². The van der Waals surface area contributed by atoms with Gasteiger partial charge in [0.1, 0.15) is 0 Å². The van der Waals surface area contributed by atoms with E-state index in [2.05, 4.69) is 65.8 Å². The molecule has 1 heterocycles. The van der Waals surface area contributed by atoms with Crippen molar-refractivity contribution in [3.63, 3.8) is 0 Å². The zero-order valence-corrected chi connectivity index (χ0v) is 15.1. The second kappa shape index (κ2) is 6.76. The van der Waals surface area contributed by atoms with Crippen LogP contribution in [0.25, 0.3) is 0 Å². The Labute approximate surface area is 136 Å². The molecule has 1 unspecified atom stereocenters. The summed E-state index contributed by atoms with van der Waals surface area (Å²) in [6.45, 7) is 13.0. The molecule has 1 fully saturated rings. The Bertz CT molecular complexity index is 480. The second-order valence-electron chi connectivity index (χ2n) is 7.51. The molecule has 1 aliphatic rings. The minimum Gasteiger partial charge on any atom is -0.399 e. The molecule has 0 bridgehead atoms. The lowest BCUT2D eigenvalue weighted by Crippen LogP contribution is -2.41. The third-order valence-electron chi connectivity index (χ3n) is 5.31. The summed E-state index contributed by atoms with van der Waals surface area (Å²) in [4.78, 5) is 0. The number of hydrogen-bond acceptors (Lipinski definition) is 2. The van der Waals surface area contributed by atoms with E-state index >= 15 is 0 Å². The van der Waals surface area contributed by atoms with Gasteiger partial charge in [-0.15, -0.1) is 0 Å². The predicted molar refractivity (Wildman–Crippen MR) is 94.7 cm³/mol. The molecule has 1 saturated heterocycles. The summed E-state index contributed by atoms with van der Waals surface area (Å²) in [6, 6.07) is 8.80. The second-order valence-corrected chi connectivity index (χ2v) is 7.51. The SMILES string of the molecule is CCCCC(CC)c1cccc(B2OC(C)(C)C(C)(C)O2)c1. The first kappa shape index (κ1) is 17.6. The zero-order valence-electron chi connectivity index (χ0n) is 15.1. The molecule has 0 radical (unpaired) electrons. The maximum absolute atomic E-state index is 6.18.